The predicted octanol–water partition coefficient (Wildman–Crippen LogP) is 3.22. The average Bonchev–Trinajstić information content (AvgIpc) is 3.31. The van der Waals surface area contributed by atoms with Crippen LogP contribution in [0.15, 0.2) is 18.2 Å². The van der Waals surface area contributed by atoms with Crippen LogP contribution in [0.2, 0.25) is 0 Å². The number of amides is 2. The number of ether oxygens (including phenoxy) is 2. The number of nitrogens with one attached hydrogen (secondary N) is 1. The number of rotatable bonds is 8. The monoisotopic (exact) mass is 500 g/mol. The third-order valence-corrected chi connectivity index (χ3v) is 8.54. The largest absolute Gasteiger partial charge is 0.466 e. The van der Waals surface area contributed by atoms with Gasteiger partial charge in [-0.25, -0.2) is 0 Å². The number of carbonyl (C=O) groups is 3. The molecule has 1 aromatic rings. The Kier molecular flexibility index (Phi) is 6.99. The fraction of sp³-hybridized carbons (Fsp3) is 0.679. The van der Waals surface area contributed by atoms with Crippen molar-refractivity contribution in [3.8, 4) is 0 Å². The number of carbonyl (C=O) groups excluding carboxylic acids is 3. The van der Waals surface area contributed by atoms with Crippen molar-refractivity contribution >= 4 is 23.5 Å². The smallest absolute Gasteiger partial charge is 0.312 e. The van der Waals surface area contributed by atoms with Crippen molar-refractivity contribution in [2.24, 2.45) is 23.7 Å². The maximum absolute atomic E-state index is 14.2. The van der Waals surface area contributed by atoms with E-state index >= 15 is 0 Å². The van der Waals surface area contributed by atoms with Crippen molar-refractivity contribution in [2.45, 2.75) is 84.6 Å². The van der Waals surface area contributed by atoms with Crippen molar-refractivity contribution in [1.82, 2.24) is 4.90 Å². The van der Waals surface area contributed by atoms with Crippen LogP contribution in [-0.2, 0) is 23.9 Å². The van der Waals surface area contributed by atoms with E-state index in [-0.39, 0.29) is 36.9 Å². The van der Waals surface area contributed by atoms with E-state index in [1.807, 2.05) is 59.7 Å². The standard InChI is InChI=1S/C28H40N2O6/c1-8-35-26(34)22-21-25(33)30(19(14-31)11-15(2)3)23(28(21)13-18(6)27(22,7)36-28)24(32)29-20-12-16(4)9-10-17(20)5/h9-10,12,15,18-19,21-23,31H,8,11,13-14H2,1-7H3,(H,29,32)/t18?,19-,21+,22+,23?,27-,28?/m1/s1. The SMILES string of the molecule is CCOC(=O)[C@@H]1[C@H]2C(=O)N([C@@H](CO)CC(C)C)C(C(=O)Nc3cc(C)ccc3C)C23CC(C)[C@@]1(C)O3. The summed E-state index contributed by atoms with van der Waals surface area (Å²) in [7, 11) is 0. The molecule has 198 valence electrons. The Morgan fingerprint density at radius 2 is 2.00 bits per heavy atom. The van der Waals surface area contributed by atoms with Crippen molar-refractivity contribution in [1.29, 1.82) is 0 Å². The van der Waals surface area contributed by atoms with Gasteiger partial charge in [-0.3, -0.25) is 14.4 Å². The lowest BCUT2D eigenvalue weighted by molar-refractivity contribution is -0.162. The number of fused-ring (bicyclic) bond motifs is 1. The molecular formula is C28H40N2O6. The highest BCUT2D eigenvalue weighted by atomic mass is 16.6. The highest BCUT2D eigenvalue weighted by molar-refractivity contribution is 6.04. The first-order valence-electron chi connectivity index (χ1n) is 13.1. The topological polar surface area (TPSA) is 105 Å². The van der Waals surface area contributed by atoms with Gasteiger partial charge in [0.1, 0.15) is 17.6 Å². The van der Waals surface area contributed by atoms with Crippen LogP contribution < -0.4 is 5.32 Å². The van der Waals surface area contributed by atoms with Crippen molar-refractivity contribution < 1.29 is 29.0 Å². The highest BCUT2D eigenvalue weighted by Crippen LogP contribution is 2.65. The molecule has 3 aliphatic rings. The summed E-state index contributed by atoms with van der Waals surface area (Å²) in [4.78, 5) is 43.0. The van der Waals surface area contributed by atoms with Crippen molar-refractivity contribution in [3.63, 3.8) is 0 Å². The molecule has 2 amide bonds. The molecular weight excluding hydrogens is 460 g/mol. The second kappa shape index (κ2) is 9.45. The molecule has 2 N–H and O–H groups in total. The second-order valence-electron chi connectivity index (χ2n) is 11.5. The predicted molar refractivity (Wildman–Crippen MR) is 135 cm³/mol. The van der Waals surface area contributed by atoms with Gasteiger partial charge < -0.3 is 24.8 Å². The summed E-state index contributed by atoms with van der Waals surface area (Å²) in [6, 6.07) is 4.27. The summed E-state index contributed by atoms with van der Waals surface area (Å²) in [6.07, 6.45) is 0.992. The maximum Gasteiger partial charge on any atom is 0.312 e. The molecule has 36 heavy (non-hydrogen) atoms. The Hall–Kier alpha value is -2.45. The quantitative estimate of drug-likeness (QED) is 0.531. The summed E-state index contributed by atoms with van der Waals surface area (Å²) < 4.78 is 12.1. The minimum absolute atomic E-state index is 0.0652. The van der Waals surface area contributed by atoms with Gasteiger partial charge in [-0.2, -0.15) is 0 Å². The van der Waals surface area contributed by atoms with Crippen LogP contribution in [0.1, 0.15) is 58.6 Å². The van der Waals surface area contributed by atoms with Crippen LogP contribution in [0.5, 0.6) is 0 Å². The molecule has 7 atom stereocenters. The Morgan fingerprint density at radius 3 is 2.61 bits per heavy atom. The third-order valence-electron chi connectivity index (χ3n) is 8.54. The van der Waals surface area contributed by atoms with E-state index in [0.29, 0.717) is 18.5 Å². The Morgan fingerprint density at radius 1 is 1.31 bits per heavy atom. The highest BCUT2D eigenvalue weighted by Gasteiger charge is 2.80. The minimum atomic E-state index is -1.17. The van der Waals surface area contributed by atoms with E-state index in [0.717, 1.165) is 11.1 Å². The van der Waals surface area contributed by atoms with Gasteiger partial charge in [0, 0.05) is 5.69 Å². The first-order valence-corrected chi connectivity index (χ1v) is 13.1. The number of esters is 1. The number of nitrogens with zero attached hydrogens (tertiary/aromatic N) is 1. The minimum Gasteiger partial charge on any atom is -0.466 e. The molecule has 3 fully saturated rings. The van der Waals surface area contributed by atoms with Gasteiger partial charge in [0.25, 0.3) is 0 Å². The number of hydrogen-bond donors (Lipinski definition) is 2. The number of anilines is 1. The van der Waals surface area contributed by atoms with Gasteiger partial charge in [-0.05, 0) is 69.6 Å². The summed E-state index contributed by atoms with van der Waals surface area (Å²) >= 11 is 0. The van der Waals surface area contributed by atoms with E-state index in [2.05, 4.69) is 5.32 Å². The summed E-state index contributed by atoms with van der Waals surface area (Å²) in [5.41, 5.74) is 0.491. The average molecular weight is 501 g/mol. The summed E-state index contributed by atoms with van der Waals surface area (Å²) in [6.45, 7) is 13.4. The van der Waals surface area contributed by atoms with E-state index in [9.17, 15) is 19.5 Å². The molecule has 1 aromatic carbocycles. The second-order valence-corrected chi connectivity index (χ2v) is 11.5. The van der Waals surface area contributed by atoms with Gasteiger partial charge in [0.05, 0.1) is 30.8 Å². The van der Waals surface area contributed by atoms with E-state index in [1.54, 1.807) is 6.92 Å². The van der Waals surface area contributed by atoms with E-state index in [1.165, 1.54) is 4.90 Å². The number of hydrogen-bond acceptors (Lipinski definition) is 6. The molecule has 4 rings (SSSR count). The van der Waals surface area contributed by atoms with Crippen LogP contribution in [0.25, 0.3) is 0 Å². The lowest BCUT2D eigenvalue weighted by atomic mass is 9.62. The summed E-state index contributed by atoms with van der Waals surface area (Å²) in [5, 5.41) is 13.4. The van der Waals surface area contributed by atoms with Crippen LogP contribution in [0.3, 0.4) is 0 Å². The zero-order chi connectivity index (χ0) is 26.6. The molecule has 8 nitrogen and oxygen atoms in total. The zero-order valence-electron chi connectivity index (χ0n) is 22.5. The first kappa shape index (κ1) is 26.6. The Bertz CT molecular complexity index is 1060. The zero-order valence-corrected chi connectivity index (χ0v) is 22.5. The van der Waals surface area contributed by atoms with E-state index in [4.69, 9.17) is 9.47 Å². The molecule has 8 heteroatoms. The van der Waals surface area contributed by atoms with Crippen molar-refractivity contribution in [3.05, 3.63) is 29.3 Å². The van der Waals surface area contributed by atoms with E-state index < -0.39 is 41.1 Å². The molecule has 3 saturated heterocycles. The Labute approximate surface area is 213 Å². The first-order chi connectivity index (χ1) is 16.9. The van der Waals surface area contributed by atoms with Crippen LogP contribution >= 0.6 is 0 Å². The molecule has 3 unspecified atom stereocenters. The normalized spacial score (nSPS) is 33.7. The van der Waals surface area contributed by atoms with Crippen LogP contribution in [0, 0.1) is 37.5 Å². The van der Waals surface area contributed by atoms with Crippen LogP contribution in [0.4, 0.5) is 5.69 Å². The van der Waals surface area contributed by atoms with Crippen molar-refractivity contribution in [2.75, 3.05) is 18.5 Å². The lowest BCUT2D eigenvalue weighted by Crippen LogP contribution is -2.56. The lowest BCUT2D eigenvalue weighted by Gasteiger charge is -2.37. The van der Waals surface area contributed by atoms with Gasteiger partial charge in [0.2, 0.25) is 11.8 Å². The summed E-state index contributed by atoms with van der Waals surface area (Å²) in [5.74, 6) is -2.67. The molecule has 3 heterocycles. The van der Waals surface area contributed by atoms with Gasteiger partial charge in [0.15, 0.2) is 0 Å². The van der Waals surface area contributed by atoms with Gasteiger partial charge in [-0.1, -0.05) is 32.9 Å². The number of likely N-dealkylation sites (tertiary alicyclic amines) is 1. The molecule has 2 bridgehead atoms. The molecule has 0 aliphatic carbocycles. The molecule has 3 aliphatic heterocycles. The molecule has 0 aromatic heterocycles. The third kappa shape index (κ3) is 3.93. The fourth-order valence-electron chi connectivity index (χ4n) is 6.85. The maximum atomic E-state index is 14.2. The van der Waals surface area contributed by atoms with Crippen LogP contribution in [-0.4, -0.2) is 64.3 Å². The molecule has 0 saturated carbocycles. The number of aliphatic hydroxyl groups is 1. The van der Waals surface area contributed by atoms with Gasteiger partial charge in [-0.15, -0.1) is 0 Å². The number of benzene rings is 1. The molecule has 1 spiro atoms. The van der Waals surface area contributed by atoms with Gasteiger partial charge >= 0.3 is 5.97 Å². The fourth-order valence-corrected chi connectivity index (χ4v) is 6.85. The molecule has 0 radical (unpaired) electrons. The number of aryl methyl sites for hydroxylation is 2. The number of aliphatic hydroxyl groups excluding tert-OH is 1. The Balaban J connectivity index is 1.83.